The Morgan fingerprint density at radius 2 is 2.41 bits per heavy atom. The zero-order valence-corrected chi connectivity index (χ0v) is 9.91. The molecule has 1 aromatic heterocycles. The number of halogens is 1. The molecule has 0 aliphatic carbocycles. The minimum atomic E-state index is -0.191. The number of aryl methyl sites for hydroxylation is 1. The van der Waals surface area contributed by atoms with Crippen molar-refractivity contribution in [2.24, 2.45) is 5.92 Å². The number of benzene rings is 1. The number of fused-ring (bicyclic) bond motifs is 1. The van der Waals surface area contributed by atoms with E-state index in [0.717, 1.165) is 36.2 Å². The molecule has 3 rings (SSSR count). The van der Waals surface area contributed by atoms with Crippen molar-refractivity contribution in [1.29, 1.82) is 0 Å². The molecule has 0 bridgehead atoms. The van der Waals surface area contributed by atoms with Crippen LogP contribution in [0, 0.1) is 18.7 Å². The van der Waals surface area contributed by atoms with E-state index in [1.807, 2.05) is 17.7 Å². The van der Waals surface area contributed by atoms with Crippen LogP contribution in [0.3, 0.4) is 0 Å². The summed E-state index contributed by atoms with van der Waals surface area (Å²) >= 11 is 0. The molecule has 1 atom stereocenters. The molecule has 2 heterocycles. The van der Waals surface area contributed by atoms with E-state index in [1.165, 1.54) is 12.5 Å². The van der Waals surface area contributed by atoms with Crippen LogP contribution in [0.5, 0.6) is 0 Å². The molecule has 1 aliphatic rings. The van der Waals surface area contributed by atoms with Crippen molar-refractivity contribution in [1.82, 2.24) is 15.1 Å². The SMILES string of the molecule is Cc1nn(CC2CCNC2)c2cc(F)ccc12. The number of hydrogen-bond acceptors (Lipinski definition) is 2. The third-order valence-corrected chi connectivity index (χ3v) is 3.49. The van der Waals surface area contributed by atoms with Gasteiger partial charge >= 0.3 is 0 Å². The minimum Gasteiger partial charge on any atom is -0.316 e. The lowest BCUT2D eigenvalue weighted by atomic mass is 10.1. The van der Waals surface area contributed by atoms with Gasteiger partial charge in [0.15, 0.2) is 0 Å². The van der Waals surface area contributed by atoms with E-state index in [0.29, 0.717) is 5.92 Å². The van der Waals surface area contributed by atoms with E-state index < -0.39 is 0 Å². The zero-order chi connectivity index (χ0) is 11.8. The Labute approximate surface area is 99.6 Å². The number of aromatic nitrogens is 2. The Morgan fingerprint density at radius 1 is 1.53 bits per heavy atom. The fourth-order valence-electron chi connectivity index (χ4n) is 2.57. The van der Waals surface area contributed by atoms with Crippen LogP contribution in [0.1, 0.15) is 12.1 Å². The van der Waals surface area contributed by atoms with Gasteiger partial charge < -0.3 is 5.32 Å². The van der Waals surface area contributed by atoms with Crippen LogP contribution in [-0.4, -0.2) is 22.9 Å². The summed E-state index contributed by atoms with van der Waals surface area (Å²) in [7, 11) is 0. The summed E-state index contributed by atoms with van der Waals surface area (Å²) in [4.78, 5) is 0. The van der Waals surface area contributed by atoms with Crippen LogP contribution in [0.2, 0.25) is 0 Å². The molecule has 1 N–H and O–H groups in total. The van der Waals surface area contributed by atoms with Crippen molar-refractivity contribution < 1.29 is 4.39 Å². The first-order valence-corrected chi connectivity index (χ1v) is 6.07. The number of nitrogens with one attached hydrogen (secondary N) is 1. The van der Waals surface area contributed by atoms with Gasteiger partial charge in [-0.15, -0.1) is 0 Å². The van der Waals surface area contributed by atoms with E-state index in [4.69, 9.17) is 0 Å². The molecular formula is C13H16FN3. The zero-order valence-electron chi connectivity index (χ0n) is 9.91. The summed E-state index contributed by atoms with van der Waals surface area (Å²) < 4.78 is 15.2. The van der Waals surface area contributed by atoms with Crippen molar-refractivity contribution in [2.45, 2.75) is 19.9 Å². The van der Waals surface area contributed by atoms with E-state index >= 15 is 0 Å². The molecule has 0 radical (unpaired) electrons. The van der Waals surface area contributed by atoms with Crippen LogP contribution >= 0.6 is 0 Å². The Balaban J connectivity index is 2.00. The molecule has 1 aromatic carbocycles. The summed E-state index contributed by atoms with van der Waals surface area (Å²) in [5.41, 5.74) is 1.89. The quantitative estimate of drug-likeness (QED) is 0.860. The highest BCUT2D eigenvalue weighted by atomic mass is 19.1. The van der Waals surface area contributed by atoms with Crippen LogP contribution in [-0.2, 0) is 6.54 Å². The molecule has 0 saturated carbocycles. The first-order chi connectivity index (χ1) is 8.24. The Bertz CT molecular complexity index is 541. The second-order valence-corrected chi connectivity index (χ2v) is 4.79. The number of hydrogen-bond donors (Lipinski definition) is 1. The first kappa shape index (κ1) is 10.7. The highest BCUT2D eigenvalue weighted by molar-refractivity contribution is 5.81. The smallest absolute Gasteiger partial charge is 0.125 e. The van der Waals surface area contributed by atoms with Gasteiger partial charge in [-0.2, -0.15) is 5.10 Å². The molecule has 90 valence electrons. The van der Waals surface area contributed by atoms with E-state index in [-0.39, 0.29) is 5.82 Å². The van der Waals surface area contributed by atoms with E-state index in [1.54, 1.807) is 6.07 Å². The highest BCUT2D eigenvalue weighted by Crippen LogP contribution is 2.21. The Hall–Kier alpha value is -1.42. The number of nitrogens with zero attached hydrogens (tertiary/aromatic N) is 2. The lowest BCUT2D eigenvalue weighted by Gasteiger charge is -2.09. The third-order valence-electron chi connectivity index (χ3n) is 3.49. The molecule has 3 nitrogen and oxygen atoms in total. The second kappa shape index (κ2) is 4.11. The van der Waals surface area contributed by atoms with Gasteiger partial charge in [0.25, 0.3) is 0 Å². The molecule has 1 aliphatic heterocycles. The summed E-state index contributed by atoms with van der Waals surface area (Å²) in [6.07, 6.45) is 1.18. The van der Waals surface area contributed by atoms with Crippen molar-refractivity contribution in [3.63, 3.8) is 0 Å². The normalized spacial score (nSPS) is 20.2. The van der Waals surface area contributed by atoms with Gasteiger partial charge in [-0.3, -0.25) is 4.68 Å². The van der Waals surface area contributed by atoms with E-state index in [9.17, 15) is 4.39 Å². The standard InChI is InChI=1S/C13H16FN3/c1-9-12-3-2-11(14)6-13(12)17(16-9)8-10-4-5-15-7-10/h2-3,6,10,15H,4-5,7-8H2,1H3. The summed E-state index contributed by atoms with van der Waals surface area (Å²) in [5.74, 6) is 0.420. The van der Waals surface area contributed by atoms with Gasteiger partial charge in [-0.05, 0) is 50.6 Å². The monoisotopic (exact) mass is 233 g/mol. The maximum atomic E-state index is 13.3. The second-order valence-electron chi connectivity index (χ2n) is 4.79. The maximum absolute atomic E-state index is 13.3. The summed E-state index contributed by atoms with van der Waals surface area (Å²) in [6.45, 7) is 4.97. The van der Waals surface area contributed by atoms with Gasteiger partial charge in [0, 0.05) is 11.9 Å². The fraction of sp³-hybridized carbons (Fsp3) is 0.462. The van der Waals surface area contributed by atoms with Crippen molar-refractivity contribution in [3.8, 4) is 0 Å². The fourth-order valence-corrected chi connectivity index (χ4v) is 2.57. The highest BCUT2D eigenvalue weighted by Gasteiger charge is 2.17. The van der Waals surface area contributed by atoms with Gasteiger partial charge in [0.1, 0.15) is 5.82 Å². The van der Waals surface area contributed by atoms with Crippen molar-refractivity contribution in [2.75, 3.05) is 13.1 Å². The molecule has 0 spiro atoms. The van der Waals surface area contributed by atoms with Gasteiger partial charge in [-0.1, -0.05) is 0 Å². The van der Waals surface area contributed by atoms with Gasteiger partial charge in [-0.25, -0.2) is 4.39 Å². The van der Waals surface area contributed by atoms with Crippen LogP contribution in [0.15, 0.2) is 18.2 Å². The molecule has 4 heteroatoms. The van der Waals surface area contributed by atoms with Crippen LogP contribution in [0.25, 0.3) is 10.9 Å². The van der Waals surface area contributed by atoms with E-state index in [2.05, 4.69) is 10.4 Å². The van der Waals surface area contributed by atoms with Crippen LogP contribution in [0.4, 0.5) is 4.39 Å². The molecule has 2 aromatic rings. The lowest BCUT2D eigenvalue weighted by molar-refractivity contribution is 0.457. The topological polar surface area (TPSA) is 29.9 Å². The largest absolute Gasteiger partial charge is 0.316 e. The van der Waals surface area contributed by atoms with Gasteiger partial charge in [0.05, 0.1) is 11.2 Å². The average molecular weight is 233 g/mol. The summed E-state index contributed by atoms with van der Waals surface area (Å²) in [6, 6.07) is 4.90. The Kier molecular flexibility index (Phi) is 2.59. The molecule has 0 amide bonds. The predicted octanol–water partition coefficient (Wildman–Crippen LogP) is 2.09. The molecular weight excluding hydrogens is 217 g/mol. The van der Waals surface area contributed by atoms with Crippen molar-refractivity contribution >= 4 is 10.9 Å². The summed E-state index contributed by atoms with van der Waals surface area (Å²) in [5, 5.41) is 8.91. The van der Waals surface area contributed by atoms with Crippen LogP contribution < -0.4 is 5.32 Å². The molecule has 17 heavy (non-hydrogen) atoms. The predicted molar refractivity (Wildman–Crippen MR) is 65.4 cm³/mol. The molecule has 1 saturated heterocycles. The third kappa shape index (κ3) is 1.93. The average Bonchev–Trinajstić information content (AvgIpc) is 2.89. The molecule has 1 unspecified atom stereocenters. The lowest BCUT2D eigenvalue weighted by Crippen LogP contribution is -2.15. The van der Waals surface area contributed by atoms with Gasteiger partial charge in [0.2, 0.25) is 0 Å². The molecule has 1 fully saturated rings. The minimum absolute atomic E-state index is 0.191. The maximum Gasteiger partial charge on any atom is 0.125 e. The number of rotatable bonds is 2. The Morgan fingerprint density at radius 3 is 3.18 bits per heavy atom. The van der Waals surface area contributed by atoms with Crippen molar-refractivity contribution in [3.05, 3.63) is 29.7 Å². The first-order valence-electron chi connectivity index (χ1n) is 6.07.